The molecule has 1 aromatic heterocycles. The van der Waals surface area contributed by atoms with Crippen molar-refractivity contribution in [1.82, 2.24) is 10.3 Å². The van der Waals surface area contributed by atoms with Crippen LogP contribution in [0, 0.1) is 18.8 Å². The normalized spacial score (nSPS) is 25.6. The molecule has 3 rings (SSSR count). The van der Waals surface area contributed by atoms with Crippen LogP contribution in [-0.2, 0) is 4.79 Å². The van der Waals surface area contributed by atoms with E-state index in [9.17, 15) is 4.79 Å². The Morgan fingerprint density at radius 3 is 2.82 bits per heavy atom. The lowest BCUT2D eigenvalue weighted by atomic mass is 9.95. The molecule has 0 bridgehead atoms. The van der Waals surface area contributed by atoms with E-state index in [4.69, 9.17) is 5.11 Å². The monoisotopic (exact) mass is 321 g/mol. The van der Waals surface area contributed by atoms with Crippen LogP contribution in [-0.4, -0.2) is 41.7 Å². The van der Waals surface area contributed by atoms with Gasteiger partial charge in [0.2, 0.25) is 5.91 Å². The highest BCUT2D eigenvalue weighted by Crippen LogP contribution is 2.26. The van der Waals surface area contributed by atoms with Crippen molar-refractivity contribution in [3.63, 3.8) is 0 Å². The Kier molecular flexibility index (Phi) is 4.78. The van der Waals surface area contributed by atoms with Crippen molar-refractivity contribution >= 4 is 22.4 Å². The Bertz CT molecular complexity index is 549. The fourth-order valence-electron chi connectivity index (χ4n) is 3.14. The quantitative estimate of drug-likeness (QED) is 0.829. The van der Waals surface area contributed by atoms with Gasteiger partial charge < -0.3 is 15.3 Å². The maximum Gasteiger partial charge on any atom is 0.223 e. The van der Waals surface area contributed by atoms with E-state index in [-0.39, 0.29) is 30.4 Å². The van der Waals surface area contributed by atoms with Gasteiger partial charge in [0.05, 0.1) is 5.69 Å². The number of hydrogen-bond acceptors (Lipinski definition) is 5. The van der Waals surface area contributed by atoms with Gasteiger partial charge >= 0.3 is 0 Å². The summed E-state index contributed by atoms with van der Waals surface area (Å²) in [6.07, 6.45) is 6.58. The molecule has 120 valence electrons. The molecule has 2 N–H and O–H groups in total. The van der Waals surface area contributed by atoms with Crippen LogP contribution in [0.4, 0.5) is 5.13 Å². The molecule has 5 nitrogen and oxygen atoms in total. The number of nitrogens with zero attached hydrogens (tertiary/aromatic N) is 2. The highest BCUT2D eigenvalue weighted by Gasteiger charge is 2.28. The summed E-state index contributed by atoms with van der Waals surface area (Å²) in [6, 6.07) is 0.0873. The van der Waals surface area contributed by atoms with Crippen molar-refractivity contribution in [1.29, 1.82) is 0 Å². The molecule has 2 atom stereocenters. The molecular formula is C16H23N3O2S. The largest absolute Gasteiger partial charge is 0.396 e. The average molecular weight is 321 g/mol. The number of rotatable bonds is 4. The number of aryl methyl sites for hydroxylation is 1. The van der Waals surface area contributed by atoms with Gasteiger partial charge in [0, 0.05) is 43.0 Å². The van der Waals surface area contributed by atoms with Gasteiger partial charge in [-0.25, -0.2) is 4.98 Å². The first-order valence-electron chi connectivity index (χ1n) is 7.92. The van der Waals surface area contributed by atoms with Crippen LogP contribution < -0.4 is 10.2 Å². The summed E-state index contributed by atoms with van der Waals surface area (Å²) in [6.45, 7) is 3.96. The van der Waals surface area contributed by atoms with Gasteiger partial charge in [0.1, 0.15) is 0 Å². The van der Waals surface area contributed by atoms with Crippen LogP contribution in [0.25, 0.3) is 0 Å². The Morgan fingerprint density at radius 1 is 1.45 bits per heavy atom. The van der Waals surface area contributed by atoms with Crippen molar-refractivity contribution in [2.24, 2.45) is 11.8 Å². The summed E-state index contributed by atoms with van der Waals surface area (Å²) >= 11 is 1.68. The second-order valence-corrected chi connectivity index (χ2v) is 7.05. The van der Waals surface area contributed by atoms with E-state index >= 15 is 0 Å². The number of hydrogen-bond donors (Lipinski definition) is 2. The van der Waals surface area contributed by atoms with Crippen LogP contribution in [0.3, 0.4) is 0 Å². The lowest BCUT2D eigenvalue weighted by molar-refractivity contribution is -0.126. The Morgan fingerprint density at radius 2 is 2.23 bits per heavy atom. The number of carbonyl (C=O) groups is 1. The van der Waals surface area contributed by atoms with Crippen molar-refractivity contribution in [3.05, 3.63) is 23.2 Å². The lowest BCUT2D eigenvalue weighted by Crippen LogP contribution is -2.43. The van der Waals surface area contributed by atoms with Crippen LogP contribution >= 0.6 is 11.3 Å². The number of nitrogens with one attached hydrogen (secondary N) is 1. The molecule has 0 aromatic carbocycles. The Balaban J connectivity index is 1.47. The molecule has 1 aliphatic heterocycles. The van der Waals surface area contributed by atoms with Crippen LogP contribution in [0.5, 0.6) is 0 Å². The zero-order valence-electron chi connectivity index (χ0n) is 12.9. The third kappa shape index (κ3) is 3.50. The Hall–Kier alpha value is -1.40. The van der Waals surface area contributed by atoms with Gasteiger partial charge in [-0.2, -0.15) is 0 Å². The van der Waals surface area contributed by atoms with E-state index in [0.29, 0.717) is 0 Å². The fourth-order valence-corrected chi connectivity index (χ4v) is 3.99. The van der Waals surface area contributed by atoms with E-state index in [0.717, 1.165) is 43.2 Å². The van der Waals surface area contributed by atoms with Crippen molar-refractivity contribution in [2.75, 3.05) is 24.6 Å². The third-order valence-corrected chi connectivity index (χ3v) is 5.50. The Labute approximate surface area is 135 Å². The number of aliphatic hydroxyl groups is 1. The standard InChI is InChI=1S/C16H23N3O2S/c1-11-10-22-16(17-11)19-6-4-13(5-7-19)15(21)18-14-3-2-12(8-14)9-20/h2-3,10,12-14,20H,4-9H2,1H3,(H,18,21)/t12-,14+/m0/s1. The van der Waals surface area contributed by atoms with Gasteiger partial charge in [0.25, 0.3) is 0 Å². The lowest BCUT2D eigenvalue weighted by Gasteiger charge is -2.31. The van der Waals surface area contributed by atoms with E-state index in [1.165, 1.54) is 0 Å². The van der Waals surface area contributed by atoms with Gasteiger partial charge in [-0.1, -0.05) is 12.2 Å². The molecule has 0 spiro atoms. The molecule has 1 aromatic rings. The predicted octanol–water partition coefficient (Wildman–Crippen LogP) is 1.72. The second-order valence-electron chi connectivity index (χ2n) is 6.21. The average Bonchev–Trinajstić information content (AvgIpc) is 3.16. The summed E-state index contributed by atoms with van der Waals surface area (Å²) in [4.78, 5) is 19.2. The van der Waals surface area contributed by atoms with Crippen LogP contribution in [0.1, 0.15) is 25.0 Å². The fraction of sp³-hybridized carbons (Fsp3) is 0.625. The number of amides is 1. The van der Waals surface area contributed by atoms with E-state index in [2.05, 4.69) is 20.6 Å². The van der Waals surface area contributed by atoms with Crippen molar-refractivity contribution in [3.8, 4) is 0 Å². The number of piperidine rings is 1. The molecule has 0 radical (unpaired) electrons. The molecule has 1 saturated heterocycles. The SMILES string of the molecule is Cc1csc(N2CCC(C(=O)N[C@@H]3C=C[C@H](CO)C3)CC2)n1. The molecule has 1 fully saturated rings. The van der Waals surface area contributed by atoms with Gasteiger partial charge in [-0.05, 0) is 26.2 Å². The second kappa shape index (κ2) is 6.79. The first-order chi connectivity index (χ1) is 10.7. The number of aliphatic hydroxyl groups excluding tert-OH is 1. The highest BCUT2D eigenvalue weighted by molar-refractivity contribution is 7.13. The van der Waals surface area contributed by atoms with Crippen molar-refractivity contribution in [2.45, 2.75) is 32.2 Å². The molecule has 2 heterocycles. The maximum absolute atomic E-state index is 12.4. The maximum atomic E-state index is 12.4. The summed E-state index contributed by atoms with van der Waals surface area (Å²) in [5.41, 5.74) is 1.06. The third-order valence-electron chi connectivity index (χ3n) is 4.48. The minimum absolute atomic E-state index is 0.0873. The minimum Gasteiger partial charge on any atom is -0.396 e. The molecule has 1 amide bonds. The molecule has 0 unspecified atom stereocenters. The van der Waals surface area contributed by atoms with Gasteiger partial charge in [-0.15, -0.1) is 11.3 Å². The van der Waals surface area contributed by atoms with Crippen LogP contribution in [0.2, 0.25) is 0 Å². The number of thiazole rings is 1. The van der Waals surface area contributed by atoms with Crippen molar-refractivity contribution < 1.29 is 9.90 Å². The van der Waals surface area contributed by atoms with Crippen LogP contribution in [0.15, 0.2) is 17.5 Å². The molecular weight excluding hydrogens is 298 g/mol. The first-order valence-corrected chi connectivity index (χ1v) is 8.80. The number of anilines is 1. The molecule has 22 heavy (non-hydrogen) atoms. The summed E-state index contributed by atoms with van der Waals surface area (Å²) in [5, 5.41) is 15.4. The smallest absolute Gasteiger partial charge is 0.223 e. The molecule has 6 heteroatoms. The number of aromatic nitrogens is 1. The van der Waals surface area contributed by atoms with E-state index in [1.807, 2.05) is 19.1 Å². The van der Waals surface area contributed by atoms with Gasteiger partial charge in [-0.3, -0.25) is 4.79 Å². The molecule has 2 aliphatic rings. The molecule has 1 aliphatic carbocycles. The summed E-state index contributed by atoms with van der Waals surface area (Å²) < 4.78 is 0. The van der Waals surface area contributed by atoms with E-state index < -0.39 is 0 Å². The van der Waals surface area contributed by atoms with E-state index in [1.54, 1.807) is 11.3 Å². The topological polar surface area (TPSA) is 65.5 Å². The predicted molar refractivity (Wildman–Crippen MR) is 88.1 cm³/mol. The summed E-state index contributed by atoms with van der Waals surface area (Å²) in [7, 11) is 0. The zero-order valence-corrected chi connectivity index (χ0v) is 13.7. The first kappa shape index (κ1) is 15.5. The van der Waals surface area contributed by atoms with Gasteiger partial charge in [0.15, 0.2) is 5.13 Å². The summed E-state index contributed by atoms with van der Waals surface area (Å²) in [5.74, 6) is 0.447. The number of carbonyl (C=O) groups excluding carboxylic acids is 1. The zero-order chi connectivity index (χ0) is 15.5. The minimum atomic E-state index is 0.0873. The molecule has 0 saturated carbocycles. The highest BCUT2D eigenvalue weighted by atomic mass is 32.1.